The summed E-state index contributed by atoms with van der Waals surface area (Å²) in [5.74, 6) is -1.27. The van der Waals surface area contributed by atoms with Gasteiger partial charge in [-0.15, -0.1) is 0 Å². The Hall–Kier alpha value is -6.71. The zero-order valence-electron chi connectivity index (χ0n) is 40.3. The number of nitrogens with zero attached hydrogens (tertiary/aromatic N) is 6. The smallest absolute Gasteiger partial charge is 0.294 e. The number of aromatic amines is 2. The first-order chi connectivity index (χ1) is 31.9. The molecule has 4 atom stereocenters. The van der Waals surface area contributed by atoms with Crippen LogP contribution in [0.4, 0.5) is 11.4 Å². The van der Waals surface area contributed by atoms with Gasteiger partial charge in [-0.25, -0.2) is 9.97 Å². The van der Waals surface area contributed by atoms with Crippen molar-refractivity contribution in [3.05, 3.63) is 150 Å². The second-order valence-corrected chi connectivity index (χ2v) is 19.6. The van der Waals surface area contributed by atoms with Crippen LogP contribution in [-0.4, -0.2) is 84.6 Å². The van der Waals surface area contributed by atoms with Crippen molar-refractivity contribution in [1.29, 1.82) is 0 Å². The van der Waals surface area contributed by atoms with Gasteiger partial charge >= 0.3 is 0 Å². The minimum atomic E-state index is -1.14. The van der Waals surface area contributed by atoms with Gasteiger partial charge in [0.15, 0.2) is 0 Å². The number of hydrogen-bond donors (Lipinski definition) is 5. The Morgan fingerprint density at radius 2 is 1.24 bits per heavy atom. The van der Waals surface area contributed by atoms with Gasteiger partial charge in [0.1, 0.15) is 24.0 Å². The Labute approximate surface area is 394 Å². The number of anilines is 2. The number of hydrogen-bond acceptors (Lipinski definition) is 10. The first-order valence-electron chi connectivity index (χ1n) is 22.9. The topological polar surface area (TPSA) is 194 Å². The van der Waals surface area contributed by atoms with Crippen LogP contribution in [0, 0.1) is 11.8 Å². The maximum atomic E-state index is 14.9. The van der Waals surface area contributed by atoms with E-state index < -0.39 is 29.9 Å². The van der Waals surface area contributed by atoms with Crippen LogP contribution in [-0.2, 0) is 15.6 Å². The molecule has 0 aliphatic carbocycles. The summed E-state index contributed by atoms with van der Waals surface area (Å²) in [6.07, 6.45) is 10.9. The van der Waals surface area contributed by atoms with E-state index in [9.17, 15) is 19.5 Å². The Bertz CT molecular complexity index is 2500. The molecule has 0 saturated carbocycles. The quantitative estimate of drug-likeness (QED) is 0.0530. The number of aromatic nitrogens is 6. The Kier molecular flexibility index (Phi) is 16.1. The molecule has 354 valence electrons. The monoisotopic (exact) mass is 911 g/mol. The Balaban J connectivity index is 1.29. The molecule has 6 aromatic rings. The number of carbonyl (C=O) groups is 3. The zero-order chi connectivity index (χ0) is 48.5. The first kappa shape index (κ1) is 49.7. The molecule has 2 unspecified atom stereocenters. The zero-order valence-corrected chi connectivity index (χ0v) is 40.3. The second kappa shape index (κ2) is 21.7. The van der Waals surface area contributed by atoms with Crippen molar-refractivity contribution in [1.82, 2.24) is 40.5 Å². The highest BCUT2D eigenvalue weighted by molar-refractivity contribution is 6.09. The fourth-order valence-corrected chi connectivity index (χ4v) is 7.68. The van der Waals surface area contributed by atoms with Gasteiger partial charge < -0.3 is 30.4 Å². The molecule has 4 aromatic heterocycles. The van der Waals surface area contributed by atoms with Crippen LogP contribution in [0.2, 0.25) is 0 Å². The van der Waals surface area contributed by atoms with Crippen molar-refractivity contribution in [2.45, 2.75) is 104 Å². The predicted octanol–water partition coefficient (Wildman–Crippen LogP) is 8.12. The van der Waals surface area contributed by atoms with Gasteiger partial charge in [-0.05, 0) is 75.8 Å². The fraction of sp³-hybridized carbons (Fsp3) is 0.404. The van der Waals surface area contributed by atoms with Crippen molar-refractivity contribution < 1.29 is 24.2 Å². The maximum absolute atomic E-state index is 14.9. The van der Waals surface area contributed by atoms with E-state index in [0.717, 1.165) is 16.7 Å². The molecule has 0 fully saturated rings. The van der Waals surface area contributed by atoms with E-state index in [-0.39, 0.29) is 65.2 Å². The highest BCUT2D eigenvalue weighted by Crippen LogP contribution is 2.34. The van der Waals surface area contributed by atoms with E-state index in [0.29, 0.717) is 23.5 Å². The third kappa shape index (κ3) is 12.4. The number of aliphatic hydroxyl groups is 1. The normalized spacial score (nSPS) is 13.7. The van der Waals surface area contributed by atoms with Crippen molar-refractivity contribution in [2.75, 3.05) is 29.6 Å². The average Bonchev–Trinajstić information content (AvgIpc) is 4.03. The maximum Gasteiger partial charge on any atom is 0.294 e. The summed E-state index contributed by atoms with van der Waals surface area (Å²) in [5.41, 5.74) is 4.79. The molecule has 0 aliphatic rings. The van der Waals surface area contributed by atoms with E-state index in [1.165, 1.54) is 23.6 Å². The number of nitrogens with one attached hydrogen (secondary N) is 4. The molecule has 0 saturated heterocycles. The summed E-state index contributed by atoms with van der Waals surface area (Å²) in [7, 11) is 0. The summed E-state index contributed by atoms with van der Waals surface area (Å²) in [6.45, 7) is 21.0. The lowest BCUT2D eigenvalue weighted by Gasteiger charge is -2.34. The number of ether oxygens (including phenoxy) is 1. The average molecular weight is 911 g/mol. The van der Waals surface area contributed by atoms with Gasteiger partial charge in [0.2, 0.25) is 5.91 Å². The number of benzene rings is 2. The number of H-pyrrole nitrogens is 2. The van der Waals surface area contributed by atoms with Crippen molar-refractivity contribution >= 4 is 29.1 Å². The highest BCUT2D eigenvalue weighted by atomic mass is 16.5. The standard InChI is InChI=1S/C52H66N10O5/c1-33(2)43(30-63)56-29-45(35-13-11-23-53-25-35)61(39-19-15-37(16-20-39)51(5,6)7)49(66)42-28-57-50(60-42)67-31-44(34(3)4)59-47(64)46(36-14-12-24-54-26-36)62(48(65)41-27-55-32-58-41)40-21-17-38(18-22-40)52(8,9)10/h11-28,32-34,43-46,56,63H,29-31H2,1-10H3,(H,55,58)(H,57,60)(H,59,64)/t43-,44+,45?,46?/m1/s1. The molecule has 3 amide bonds. The summed E-state index contributed by atoms with van der Waals surface area (Å²) in [4.78, 5) is 70.5. The lowest BCUT2D eigenvalue weighted by Crippen LogP contribution is -2.50. The molecule has 4 heterocycles. The SMILES string of the molecule is CC(C)[C@H](COc1ncc(C(=O)N(c2ccc(C(C)(C)C)cc2)C(CN[C@H](CO)C(C)C)c2cccnc2)[nH]1)NC(=O)C(c1cccnc1)N(C(=O)c1cnc[nH]1)c1ccc(C(C)(C)C)cc1. The summed E-state index contributed by atoms with van der Waals surface area (Å²) in [5, 5.41) is 16.9. The molecule has 0 aliphatic heterocycles. The van der Waals surface area contributed by atoms with E-state index in [1.807, 2.05) is 88.4 Å². The van der Waals surface area contributed by atoms with E-state index >= 15 is 0 Å². The summed E-state index contributed by atoms with van der Waals surface area (Å²) >= 11 is 0. The first-order valence-corrected chi connectivity index (χ1v) is 22.9. The van der Waals surface area contributed by atoms with Crippen LogP contribution in [0.3, 0.4) is 0 Å². The van der Waals surface area contributed by atoms with E-state index in [2.05, 4.69) is 82.1 Å². The number of rotatable bonds is 19. The Morgan fingerprint density at radius 3 is 1.73 bits per heavy atom. The van der Waals surface area contributed by atoms with Gasteiger partial charge in [0.05, 0.1) is 37.4 Å². The molecule has 2 aromatic carbocycles. The largest absolute Gasteiger partial charge is 0.463 e. The number of pyridine rings is 2. The molecule has 0 radical (unpaired) electrons. The molecule has 15 nitrogen and oxygen atoms in total. The van der Waals surface area contributed by atoms with Crippen LogP contribution in [0.1, 0.15) is 125 Å². The van der Waals surface area contributed by atoms with E-state index in [1.54, 1.807) is 41.8 Å². The van der Waals surface area contributed by atoms with Crippen LogP contribution in [0.5, 0.6) is 6.01 Å². The summed E-state index contributed by atoms with van der Waals surface area (Å²) in [6, 6.07) is 20.5. The molecular formula is C52H66N10O5. The summed E-state index contributed by atoms with van der Waals surface area (Å²) < 4.78 is 6.24. The molecular weight excluding hydrogens is 845 g/mol. The molecule has 0 bridgehead atoms. The number of aliphatic hydroxyl groups excluding tert-OH is 1. The lowest BCUT2D eigenvalue weighted by atomic mass is 9.87. The van der Waals surface area contributed by atoms with Gasteiger partial charge in [-0.1, -0.05) is 106 Å². The number of carbonyl (C=O) groups excluding carboxylic acids is 3. The van der Waals surface area contributed by atoms with Gasteiger partial charge in [0, 0.05) is 54.3 Å². The Morgan fingerprint density at radius 1 is 0.687 bits per heavy atom. The highest BCUT2D eigenvalue weighted by Gasteiger charge is 2.37. The molecule has 5 N–H and O–H groups in total. The van der Waals surface area contributed by atoms with Crippen molar-refractivity contribution in [3.63, 3.8) is 0 Å². The fourth-order valence-electron chi connectivity index (χ4n) is 7.68. The van der Waals surface area contributed by atoms with Gasteiger partial charge in [0.25, 0.3) is 17.8 Å². The van der Waals surface area contributed by atoms with Gasteiger partial charge in [-0.2, -0.15) is 0 Å². The molecule has 0 spiro atoms. The molecule has 67 heavy (non-hydrogen) atoms. The minimum absolute atomic E-state index is 0.0168. The lowest BCUT2D eigenvalue weighted by molar-refractivity contribution is -0.123. The van der Waals surface area contributed by atoms with Gasteiger partial charge in [-0.3, -0.25) is 34.2 Å². The van der Waals surface area contributed by atoms with E-state index in [4.69, 9.17) is 4.74 Å². The number of imidazole rings is 2. The molecule has 6 rings (SSSR count). The second-order valence-electron chi connectivity index (χ2n) is 19.6. The van der Waals surface area contributed by atoms with Crippen LogP contribution in [0.25, 0.3) is 0 Å². The number of amides is 3. The predicted molar refractivity (Wildman–Crippen MR) is 261 cm³/mol. The van der Waals surface area contributed by atoms with Crippen molar-refractivity contribution in [2.24, 2.45) is 11.8 Å². The van der Waals surface area contributed by atoms with Crippen LogP contribution in [0.15, 0.2) is 116 Å². The minimum Gasteiger partial charge on any atom is -0.463 e. The van der Waals surface area contributed by atoms with Crippen LogP contribution < -0.4 is 25.2 Å². The van der Waals surface area contributed by atoms with Crippen LogP contribution >= 0.6 is 0 Å². The third-order valence-corrected chi connectivity index (χ3v) is 12.0. The van der Waals surface area contributed by atoms with Crippen molar-refractivity contribution in [3.8, 4) is 6.01 Å². The molecule has 15 heteroatoms. The third-order valence-electron chi connectivity index (χ3n) is 12.0.